The molecular weight excluding hydrogens is 584 g/mol. The first-order valence-electron chi connectivity index (χ1n) is 17.0. The Balaban J connectivity index is 2.22. The van der Waals surface area contributed by atoms with E-state index in [9.17, 15) is 19.5 Å². The minimum absolute atomic E-state index is 0.0484. The Morgan fingerprint density at radius 2 is 1.65 bits per heavy atom. The zero-order chi connectivity index (χ0) is 34.9. The summed E-state index contributed by atoms with van der Waals surface area (Å²) in [6, 6.07) is 7.92. The van der Waals surface area contributed by atoms with Crippen LogP contribution in [-0.4, -0.2) is 122 Å². The van der Waals surface area contributed by atoms with E-state index in [2.05, 4.69) is 33.0 Å². The van der Waals surface area contributed by atoms with Gasteiger partial charge in [-0.05, 0) is 31.2 Å². The quantitative estimate of drug-likeness (QED) is 0.249. The van der Waals surface area contributed by atoms with Gasteiger partial charge in [-0.25, -0.2) is 0 Å². The molecule has 0 aliphatic carbocycles. The third-order valence-electron chi connectivity index (χ3n) is 9.96. The van der Waals surface area contributed by atoms with E-state index in [-0.39, 0.29) is 54.1 Å². The number of aliphatic hydroxyl groups is 1. The van der Waals surface area contributed by atoms with Crippen molar-refractivity contribution in [1.82, 2.24) is 15.1 Å². The van der Waals surface area contributed by atoms with Gasteiger partial charge in [-0.2, -0.15) is 0 Å². The summed E-state index contributed by atoms with van der Waals surface area (Å²) in [6.45, 7) is 12.5. The molecule has 2 rings (SSSR count). The van der Waals surface area contributed by atoms with Crippen molar-refractivity contribution in [3.05, 3.63) is 35.9 Å². The number of rotatable bonds is 17. The van der Waals surface area contributed by atoms with E-state index in [1.54, 1.807) is 21.1 Å². The predicted octanol–water partition coefficient (Wildman–Crippen LogP) is 3.88. The number of likely N-dealkylation sites (N-methyl/N-ethyl adjacent to an activating group) is 2. The number of hydrogen-bond acceptors (Lipinski definition) is 6. The molecule has 0 radical (unpaired) electrons. The van der Waals surface area contributed by atoms with Gasteiger partial charge in [0.05, 0.1) is 69.9 Å². The Morgan fingerprint density at radius 3 is 2.15 bits per heavy atom. The number of benzene rings is 1. The van der Waals surface area contributed by atoms with Crippen LogP contribution in [0.4, 0.5) is 0 Å². The lowest BCUT2D eigenvalue weighted by Gasteiger charge is -2.43. The number of hydrogen-bond donors (Lipinski definition) is 2. The maximum absolute atomic E-state index is 14.0. The highest BCUT2D eigenvalue weighted by Gasteiger charge is 2.44. The first kappa shape index (κ1) is 39.6. The molecule has 46 heavy (non-hydrogen) atoms. The van der Waals surface area contributed by atoms with Crippen molar-refractivity contribution in [2.45, 2.75) is 110 Å². The van der Waals surface area contributed by atoms with E-state index in [0.29, 0.717) is 17.4 Å². The van der Waals surface area contributed by atoms with Crippen molar-refractivity contribution in [2.75, 3.05) is 49.0 Å². The average molecular weight is 648 g/mol. The molecule has 0 unspecified atom stereocenters. The van der Waals surface area contributed by atoms with Crippen molar-refractivity contribution in [3.8, 4) is 0 Å². The molecule has 262 valence electrons. The van der Waals surface area contributed by atoms with Crippen LogP contribution >= 0.6 is 0 Å². The van der Waals surface area contributed by atoms with Crippen molar-refractivity contribution >= 4 is 17.7 Å². The molecule has 1 aromatic rings. The van der Waals surface area contributed by atoms with Crippen LogP contribution in [0.25, 0.3) is 0 Å². The third-order valence-corrected chi connectivity index (χ3v) is 9.96. The molecule has 1 fully saturated rings. The van der Waals surface area contributed by atoms with E-state index >= 15 is 0 Å². The summed E-state index contributed by atoms with van der Waals surface area (Å²) in [4.78, 5) is 45.0. The summed E-state index contributed by atoms with van der Waals surface area (Å²) in [7, 11) is 11.2. The zero-order valence-electron chi connectivity index (χ0n) is 30.5. The maximum Gasteiger partial charge on any atom is 0.281 e. The van der Waals surface area contributed by atoms with E-state index < -0.39 is 30.3 Å². The third kappa shape index (κ3) is 9.75. The number of methoxy groups -OCH3 is 2. The van der Waals surface area contributed by atoms with E-state index in [4.69, 9.17) is 9.47 Å². The fourth-order valence-electron chi connectivity index (χ4n) is 7.40. The molecule has 0 saturated carbocycles. The van der Waals surface area contributed by atoms with Gasteiger partial charge >= 0.3 is 0 Å². The number of likely N-dealkylation sites (tertiary alicyclic amines) is 1. The summed E-state index contributed by atoms with van der Waals surface area (Å²) >= 11 is 0. The molecule has 3 amide bonds. The van der Waals surface area contributed by atoms with E-state index in [1.807, 2.05) is 75.2 Å². The van der Waals surface area contributed by atoms with E-state index in [1.165, 1.54) is 0 Å². The second-order valence-electron chi connectivity index (χ2n) is 14.5. The Hall–Kier alpha value is -2.53. The van der Waals surface area contributed by atoms with Gasteiger partial charge in [0, 0.05) is 33.7 Å². The van der Waals surface area contributed by atoms with Gasteiger partial charge < -0.3 is 34.2 Å². The van der Waals surface area contributed by atoms with Crippen LogP contribution in [0.15, 0.2) is 30.3 Å². The Kier molecular flexibility index (Phi) is 15.1. The molecule has 1 saturated heterocycles. The molecule has 1 aliphatic rings. The minimum Gasteiger partial charge on any atom is -0.386 e. The summed E-state index contributed by atoms with van der Waals surface area (Å²) < 4.78 is 12.4. The smallest absolute Gasteiger partial charge is 0.281 e. The van der Waals surface area contributed by atoms with Crippen LogP contribution in [0.3, 0.4) is 0 Å². The number of aliphatic hydroxyl groups excluding tert-OH is 1. The monoisotopic (exact) mass is 647 g/mol. The second-order valence-corrected chi connectivity index (χ2v) is 14.5. The van der Waals surface area contributed by atoms with Crippen LogP contribution in [0.5, 0.6) is 0 Å². The fraction of sp³-hybridized carbons (Fsp3) is 0.750. The maximum atomic E-state index is 14.0. The summed E-state index contributed by atoms with van der Waals surface area (Å²) in [6.07, 6.45) is 0.588. The molecule has 10 nitrogen and oxygen atoms in total. The molecule has 1 aliphatic heterocycles. The highest BCUT2D eigenvalue weighted by Crippen LogP contribution is 2.30. The van der Waals surface area contributed by atoms with Gasteiger partial charge in [0.15, 0.2) is 6.04 Å². The highest BCUT2D eigenvalue weighted by molar-refractivity contribution is 5.82. The number of ether oxygens (including phenoxy) is 2. The molecular formula is C36H63N4O6+. The topological polar surface area (TPSA) is 108 Å². The molecule has 2 N–H and O–H groups in total. The summed E-state index contributed by atoms with van der Waals surface area (Å²) in [5, 5.41) is 13.7. The van der Waals surface area contributed by atoms with Crippen molar-refractivity contribution in [2.24, 2.45) is 17.8 Å². The fourth-order valence-corrected chi connectivity index (χ4v) is 7.40. The molecule has 0 aromatic heterocycles. The summed E-state index contributed by atoms with van der Waals surface area (Å²) in [5.74, 6) is -0.588. The average Bonchev–Trinajstić information content (AvgIpc) is 3.49. The lowest BCUT2D eigenvalue weighted by Crippen LogP contribution is -2.61. The van der Waals surface area contributed by atoms with E-state index in [0.717, 1.165) is 18.4 Å². The van der Waals surface area contributed by atoms with Crippen LogP contribution < -0.4 is 5.32 Å². The molecule has 0 bridgehead atoms. The lowest BCUT2D eigenvalue weighted by molar-refractivity contribution is -0.890. The number of nitrogens with zero attached hydrogens (tertiary/aromatic N) is 3. The highest BCUT2D eigenvalue weighted by atomic mass is 16.5. The Morgan fingerprint density at radius 1 is 1.04 bits per heavy atom. The Labute approximate surface area is 278 Å². The number of amides is 3. The standard InChI is InChI=1S/C36H62N4O6/c1-13-24(4)31(38(7)36(44)32(23(2)3)40(8,9)10)29(45-11)22-30(41)39-21-17-20-28(39)34(46-12)25(5)35(43)37-26(6)33(42)27-18-15-14-16-19-27/h14-16,18-19,23-26,28-29,31-34,42H,13,17,20-22H2,1-12H3/p+1/t24-,25+,26+,28-,29+,31-,32-,33+,34+/m0/s1. The molecule has 1 aromatic carbocycles. The van der Waals surface area contributed by atoms with Crippen LogP contribution in [0, 0.1) is 17.8 Å². The molecule has 10 heteroatoms. The van der Waals surface area contributed by atoms with Gasteiger partial charge in [-0.1, -0.05) is 71.4 Å². The minimum atomic E-state index is -0.851. The van der Waals surface area contributed by atoms with Gasteiger partial charge in [0.2, 0.25) is 11.8 Å². The van der Waals surface area contributed by atoms with Crippen LogP contribution in [0.1, 0.15) is 78.9 Å². The normalized spacial score (nSPS) is 20.7. The Bertz CT molecular complexity index is 1110. The van der Waals surface area contributed by atoms with Gasteiger partial charge in [0.25, 0.3) is 5.91 Å². The van der Waals surface area contributed by atoms with Crippen molar-refractivity contribution in [1.29, 1.82) is 0 Å². The van der Waals surface area contributed by atoms with Gasteiger partial charge in [-0.15, -0.1) is 0 Å². The lowest BCUT2D eigenvalue weighted by atomic mass is 9.89. The zero-order valence-corrected chi connectivity index (χ0v) is 30.5. The largest absolute Gasteiger partial charge is 0.386 e. The summed E-state index contributed by atoms with van der Waals surface area (Å²) in [5.41, 5.74) is 0.728. The number of nitrogens with one attached hydrogen (secondary N) is 1. The number of carbonyl (C=O) groups excluding carboxylic acids is 3. The second kappa shape index (κ2) is 17.6. The van der Waals surface area contributed by atoms with Crippen LogP contribution in [-0.2, 0) is 23.9 Å². The predicted molar refractivity (Wildman–Crippen MR) is 182 cm³/mol. The number of carbonyl (C=O) groups is 3. The van der Waals surface area contributed by atoms with Crippen LogP contribution in [0.2, 0.25) is 0 Å². The first-order chi connectivity index (χ1) is 21.5. The number of quaternary nitrogens is 1. The molecule has 0 spiro atoms. The van der Waals surface area contributed by atoms with Crippen molar-refractivity contribution < 1.29 is 33.4 Å². The van der Waals surface area contributed by atoms with Gasteiger partial charge in [-0.3, -0.25) is 14.4 Å². The van der Waals surface area contributed by atoms with Gasteiger partial charge in [0.1, 0.15) is 0 Å². The first-order valence-corrected chi connectivity index (χ1v) is 17.0. The van der Waals surface area contributed by atoms with Crippen molar-refractivity contribution in [3.63, 3.8) is 0 Å². The molecule has 1 heterocycles. The molecule has 9 atom stereocenters. The SMILES string of the molecule is CC[C@H](C)[C@@H]([C@@H](CC(=O)N1CCC[C@H]1[C@H](OC)[C@@H](C)C(=O)N[C@H](C)[C@@H](O)c1ccccc1)OC)N(C)C(=O)[C@H](C(C)C)[N+](C)(C)C.